The minimum Gasteiger partial charge on any atom is -0.338 e. The second-order valence-corrected chi connectivity index (χ2v) is 6.70. The van der Waals surface area contributed by atoms with Crippen molar-refractivity contribution in [1.82, 2.24) is 4.90 Å². The zero-order chi connectivity index (χ0) is 16.5. The predicted octanol–water partition coefficient (Wildman–Crippen LogP) is 1.44. The smallest absolute Gasteiger partial charge is 0.240 e. The molecule has 1 aliphatic carbocycles. The minimum atomic E-state index is -0.554. The van der Waals surface area contributed by atoms with E-state index in [4.69, 9.17) is 0 Å². The van der Waals surface area contributed by atoms with Gasteiger partial charge in [0, 0.05) is 7.05 Å². The van der Waals surface area contributed by atoms with Crippen LogP contribution >= 0.6 is 0 Å². The van der Waals surface area contributed by atoms with E-state index in [0.717, 1.165) is 11.1 Å². The lowest BCUT2D eigenvalue weighted by atomic mass is 9.70. The molecule has 4 aliphatic rings. The first kappa shape index (κ1) is 14.2. The Labute approximate surface area is 134 Å². The van der Waals surface area contributed by atoms with Gasteiger partial charge < -0.3 is 4.90 Å². The summed E-state index contributed by atoms with van der Waals surface area (Å²) in [4.78, 5) is 41.1. The van der Waals surface area contributed by atoms with Crippen molar-refractivity contribution < 1.29 is 14.4 Å². The Morgan fingerprint density at radius 1 is 0.913 bits per heavy atom. The lowest BCUT2D eigenvalue weighted by Gasteiger charge is -2.44. The Hall–Kier alpha value is -2.43. The van der Waals surface area contributed by atoms with Crippen LogP contribution in [0, 0.1) is 31.6 Å². The quantitative estimate of drug-likeness (QED) is 0.582. The number of rotatable bonds is 1. The van der Waals surface area contributed by atoms with E-state index in [1.165, 1.54) is 4.90 Å². The summed E-state index contributed by atoms with van der Waals surface area (Å²) in [6.07, 6.45) is 3.69. The number of hydrogen-bond donors (Lipinski definition) is 0. The molecule has 0 radical (unpaired) electrons. The Kier molecular flexibility index (Phi) is 2.80. The summed E-state index contributed by atoms with van der Waals surface area (Å²) in [7, 11) is 1.71. The number of hydrogen-bond acceptors (Lipinski definition) is 3. The number of nitrogens with zero attached hydrogens (tertiary/aromatic N) is 2. The number of piperidine rings is 1. The van der Waals surface area contributed by atoms with E-state index >= 15 is 0 Å². The fourth-order valence-electron chi connectivity index (χ4n) is 4.20. The molecule has 1 aromatic rings. The summed E-state index contributed by atoms with van der Waals surface area (Å²) in [6.45, 7) is 3.87. The van der Waals surface area contributed by atoms with Gasteiger partial charge in [-0.05, 0) is 25.5 Å². The first-order chi connectivity index (χ1) is 10.9. The van der Waals surface area contributed by atoms with E-state index in [1.54, 1.807) is 18.0 Å². The highest BCUT2D eigenvalue weighted by Gasteiger charge is 2.61. The Morgan fingerprint density at radius 3 is 2.30 bits per heavy atom. The average molecular weight is 310 g/mol. The second kappa shape index (κ2) is 4.54. The number of carbonyl (C=O) groups excluding carboxylic acids is 3. The van der Waals surface area contributed by atoms with E-state index in [-0.39, 0.29) is 23.8 Å². The Bertz CT molecular complexity index is 782. The van der Waals surface area contributed by atoms with Crippen LogP contribution in [0.3, 0.4) is 0 Å². The van der Waals surface area contributed by atoms with Crippen LogP contribution in [0.2, 0.25) is 0 Å². The van der Waals surface area contributed by atoms with Crippen LogP contribution in [-0.2, 0) is 14.4 Å². The van der Waals surface area contributed by atoms with Crippen molar-refractivity contribution in [2.24, 2.45) is 17.8 Å². The summed E-state index contributed by atoms with van der Waals surface area (Å²) in [6, 6.07) is 5.36. The summed E-state index contributed by atoms with van der Waals surface area (Å²) < 4.78 is 0. The van der Waals surface area contributed by atoms with Crippen molar-refractivity contribution in [3.63, 3.8) is 0 Å². The third-order valence-corrected chi connectivity index (χ3v) is 5.34. The SMILES string of the molecule is Cc1ccc(N2C(=O)[C@@H]3[C@@H](C2=O)[C@@H]2C=C[C@@H]3C(=O)N2C)c(C)c1. The summed E-state index contributed by atoms with van der Waals surface area (Å²) in [5.74, 6) is -2.02. The number of benzene rings is 1. The lowest BCUT2D eigenvalue weighted by molar-refractivity contribution is -0.148. The first-order valence-corrected chi connectivity index (χ1v) is 7.82. The van der Waals surface area contributed by atoms with Crippen molar-refractivity contribution in [2.75, 3.05) is 11.9 Å². The number of carbonyl (C=O) groups is 3. The van der Waals surface area contributed by atoms with Gasteiger partial charge in [-0.25, -0.2) is 4.90 Å². The molecule has 1 aromatic carbocycles. The summed E-state index contributed by atoms with van der Waals surface area (Å²) >= 11 is 0. The number of amides is 3. The van der Waals surface area contributed by atoms with Crippen LogP contribution < -0.4 is 4.90 Å². The highest BCUT2D eigenvalue weighted by atomic mass is 16.2. The zero-order valence-electron chi connectivity index (χ0n) is 13.3. The van der Waals surface area contributed by atoms with Crippen LogP contribution in [0.4, 0.5) is 5.69 Å². The highest BCUT2D eigenvalue weighted by molar-refractivity contribution is 6.24. The van der Waals surface area contributed by atoms with Crippen LogP contribution in [0.1, 0.15) is 11.1 Å². The van der Waals surface area contributed by atoms with Crippen molar-refractivity contribution in [2.45, 2.75) is 19.9 Å². The summed E-state index contributed by atoms with van der Waals surface area (Å²) in [5, 5.41) is 0. The minimum absolute atomic E-state index is 0.0672. The molecular weight excluding hydrogens is 292 g/mol. The number of imide groups is 1. The normalized spacial score (nSPS) is 32.0. The van der Waals surface area contributed by atoms with Gasteiger partial charge in [0.25, 0.3) is 0 Å². The number of anilines is 1. The molecule has 0 aromatic heterocycles. The molecular formula is C18H18N2O3. The van der Waals surface area contributed by atoms with Crippen LogP contribution in [0.5, 0.6) is 0 Å². The van der Waals surface area contributed by atoms with E-state index in [2.05, 4.69) is 0 Å². The maximum atomic E-state index is 13.0. The van der Waals surface area contributed by atoms with Crippen molar-refractivity contribution in [3.8, 4) is 0 Å². The fourth-order valence-corrected chi connectivity index (χ4v) is 4.20. The molecule has 3 amide bonds. The van der Waals surface area contributed by atoms with Crippen LogP contribution in [-0.4, -0.2) is 35.7 Å². The molecule has 5 nitrogen and oxygen atoms in total. The number of likely N-dealkylation sites (N-methyl/N-ethyl adjacent to an activating group) is 1. The fraction of sp³-hybridized carbons (Fsp3) is 0.389. The molecule has 0 saturated carbocycles. The van der Waals surface area contributed by atoms with E-state index < -0.39 is 17.8 Å². The molecule has 0 N–H and O–H groups in total. The molecule has 2 fully saturated rings. The van der Waals surface area contributed by atoms with Crippen molar-refractivity contribution in [3.05, 3.63) is 41.5 Å². The van der Waals surface area contributed by atoms with Gasteiger partial charge in [0.05, 0.1) is 29.5 Å². The van der Waals surface area contributed by atoms with E-state index in [9.17, 15) is 14.4 Å². The molecule has 23 heavy (non-hydrogen) atoms. The maximum Gasteiger partial charge on any atom is 0.240 e. The van der Waals surface area contributed by atoms with E-state index in [0.29, 0.717) is 5.69 Å². The molecule has 5 heteroatoms. The van der Waals surface area contributed by atoms with Crippen LogP contribution in [0.15, 0.2) is 30.4 Å². The zero-order valence-corrected chi connectivity index (χ0v) is 13.3. The topological polar surface area (TPSA) is 57.7 Å². The third-order valence-electron chi connectivity index (χ3n) is 5.34. The molecule has 118 valence electrons. The van der Waals surface area contributed by atoms with E-state index in [1.807, 2.05) is 38.1 Å². The molecule has 5 rings (SSSR count). The maximum absolute atomic E-state index is 13.0. The molecule has 2 bridgehead atoms. The van der Waals surface area contributed by atoms with Gasteiger partial charge in [0.15, 0.2) is 0 Å². The largest absolute Gasteiger partial charge is 0.338 e. The third kappa shape index (κ3) is 1.70. The number of fused-ring (bicyclic) bond motifs is 1. The highest BCUT2D eigenvalue weighted by Crippen LogP contribution is 2.46. The second-order valence-electron chi connectivity index (χ2n) is 6.70. The molecule has 3 aliphatic heterocycles. The van der Waals surface area contributed by atoms with Crippen molar-refractivity contribution in [1.29, 1.82) is 0 Å². The number of aryl methyl sites for hydroxylation is 2. The first-order valence-electron chi connectivity index (χ1n) is 7.82. The molecule has 0 unspecified atom stereocenters. The monoisotopic (exact) mass is 310 g/mol. The van der Waals surface area contributed by atoms with Gasteiger partial charge >= 0.3 is 0 Å². The Morgan fingerprint density at radius 2 is 1.61 bits per heavy atom. The summed E-state index contributed by atoms with van der Waals surface area (Å²) in [5.41, 5.74) is 2.61. The molecule has 4 atom stereocenters. The van der Waals surface area contributed by atoms with Crippen molar-refractivity contribution >= 4 is 23.4 Å². The average Bonchev–Trinajstić information content (AvgIpc) is 2.77. The molecule has 2 saturated heterocycles. The lowest BCUT2D eigenvalue weighted by Crippen LogP contribution is -2.57. The van der Waals surface area contributed by atoms with Crippen LogP contribution in [0.25, 0.3) is 0 Å². The van der Waals surface area contributed by atoms with Gasteiger partial charge in [-0.3, -0.25) is 14.4 Å². The van der Waals surface area contributed by atoms with Gasteiger partial charge in [-0.2, -0.15) is 0 Å². The van der Waals surface area contributed by atoms with Gasteiger partial charge in [0.1, 0.15) is 0 Å². The van der Waals surface area contributed by atoms with Gasteiger partial charge in [-0.15, -0.1) is 0 Å². The van der Waals surface area contributed by atoms with Gasteiger partial charge in [0.2, 0.25) is 17.7 Å². The van der Waals surface area contributed by atoms with Gasteiger partial charge in [-0.1, -0.05) is 29.8 Å². The molecule has 3 heterocycles. The Balaban J connectivity index is 1.81. The standard InChI is InChI=1S/C18H18N2O3/c1-9-4-6-12(10(2)8-9)20-17(22)14-11-5-7-13(15(14)18(20)23)19(3)16(11)21/h4-8,11,13-15H,1-3H3/t11-,13-,14-,15-/m0/s1. The molecule has 0 spiro atoms. The predicted molar refractivity (Wildman–Crippen MR) is 84.6 cm³/mol.